The molecule has 0 aliphatic carbocycles. The molecule has 0 fully saturated rings. The van der Waals surface area contributed by atoms with Crippen LogP contribution in [0.25, 0.3) is 0 Å². The molecule has 2 heteroatoms. The van der Waals surface area contributed by atoms with Crippen molar-refractivity contribution in [3.63, 3.8) is 0 Å². The van der Waals surface area contributed by atoms with E-state index in [1.165, 1.54) is 16.1 Å². The van der Waals surface area contributed by atoms with Gasteiger partial charge in [-0.05, 0) is 19.4 Å². The Hall–Kier alpha value is -1.15. The molecule has 0 aliphatic rings. The zero-order chi connectivity index (χ0) is 9.97. The van der Waals surface area contributed by atoms with Gasteiger partial charge in [0.15, 0.2) is 0 Å². The maximum atomic E-state index is 4.45. The molecule has 0 atom stereocenters. The highest BCUT2D eigenvalue weighted by Gasteiger charge is 2.00. The van der Waals surface area contributed by atoms with E-state index in [-0.39, 0.29) is 0 Å². The topological polar surface area (TPSA) is 12.9 Å². The normalized spacial score (nSPS) is 10.4. The molecule has 0 N–H and O–H groups in total. The molecule has 1 nitrogen and oxygen atoms in total. The van der Waals surface area contributed by atoms with Crippen molar-refractivity contribution in [1.29, 1.82) is 0 Å². The van der Waals surface area contributed by atoms with Crippen molar-refractivity contribution in [2.24, 2.45) is 0 Å². The Morgan fingerprint density at radius 1 is 1.29 bits per heavy atom. The minimum atomic E-state index is 0.959. The molecule has 0 spiro atoms. The number of aryl methyl sites for hydroxylation is 2. The lowest BCUT2D eigenvalue weighted by molar-refractivity contribution is 1.10. The van der Waals surface area contributed by atoms with Gasteiger partial charge in [0.05, 0.1) is 5.01 Å². The quantitative estimate of drug-likeness (QED) is 0.729. The number of rotatable bonds is 2. The van der Waals surface area contributed by atoms with Crippen LogP contribution < -0.4 is 0 Å². The molecule has 0 amide bonds. The Kier molecular flexibility index (Phi) is 2.64. The molecule has 0 saturated carbocycles. The molecule has 0 saturated heterocycles. The second kappa shape index (κ2) is 3.93. The lowest BCUT2D eigenvalue weighted by Gasteiger charge is -1.98. The summed E-state index contributed by atoms with van der Waals surface area (Å²) in [6.45, 7) is 4.16. The summed E-state index contributed by atoms with van der Waals surface area (Å²) in [4.78, 5) is 4.45. The first-order valence-corrected chi connectivity index (χ1v) is 5.58. The summed E-state index contributed by atoms with van der Waals surface area (Å²) >= 11 is 1.74. The molecule has 1 aromatic carbocycles. The molecule has 0 radical (unpaired) electrons. The van der Waals surface area contributed by atoms with Crippen molar-refractivity contribution in [2.45, 2.75) is 20.3 Å². The van der Waals surface area contributed by atoms with Crippen LogP contribution >= 0.6 is 11.3 Å². The van der Waals surface area contributed by atoms with E-state index in [0.717, 1.165) is 12.1 Å². The average molecular weight is 203 g/mol. The fourth-order valence-electron chi connectivity index (χ4n) is 1.48. The average Bonchev–Trinajstić information content (AvgIpc) is 2.51. The van der Waals surface area contributed by atoms with Crippen LogP contribution in [-0.4, -0.2) is 4.98 Å². The first-order valence-electron chi connectivity index (χ1n) is 4.70. The molecule has 0 aliphatic heterocycles. The van der Waals surface area contributed by atoms with Crippen molar-refractivity contribution in [2.75, 3.05) is 0 Å². The first kappa shape index (κ1) is 9.41. The lowest BCUT2D eigenvalue weighted by atomic mass is 10.1. The maximum Gasteiger partial charge on any atom is 0.0972 e. The summed E-state index contributed by atoms with van der Waals surface area (Å²) in [5.74, 6) is 0. The Bertz CT molecular complexity index is 431. The van der Waals surface area contributed by atoms with Crippen LogP contribution in [0.4, 0.5) is 0 Å². The van der Waals surface area contributed by atoms with Crippen molar-refractivity contribution in [1.82, 2.24) is 4.98 Å². The van der Waals surface area contributed by atoms with Crippen LogP contribution in [0.2, 0.25) is 0 Å². The molecular weight excluding hydrogens is 190 g/mol. The largest absolute Gasteiger partial charge is 0.246 e. The Morgan fingerprint density at radius 2 is 2.14 bits per heavy atom. The monoisotopic (exact) mass is 203 g/mol. The number of aromatic nitrogens is 1. The van der Waals surface area contributed by atoms with Crippen molar-refractivity contribution >= 4 is 11.3 Å². The third-order valence-corrected chi connectivity index (χ3v) is 3.07. The summed E-state index contributed by atoms with van der Waals surface area (Å²) in [5.41, 5.74) is 3.78. The molecule has 0 unspecified atom stereocenters. The lowest BCUT2D eigenvalue weighted by Crippen LogP contribution is -1.87. The van der Waals surface area contributed by atoms with Gasteiger partial charge < -0.3 is 0 Å². The van der Waals surface area contributed by atoms with Gasteiger partial charge in [-0.2, -0.15) is 0 Å². The van der Waals surface area contributed by atoms with E-state index in [9.17, 15) is 0 Å². The van der Waals surface area contributed by atoms with Gasteiger partial charge >= 0.3 is 0 Å². The summed E-state index contributed by atoms with van der Waals surface area (Å²) in [7, 11) is 0. The van der Waals surface area contributed by atoms with Crippen molar-refractivity contribution in [3.05, 3.63) is 51.5 Å². The predicted octanol–water partition coefficient (Wildman–Crippen LogP) is 3.35. The number of benzene rings is 1. The minimum absolute atomic E-state index is 0.959. The highest BCUT2D eigenvalue weighted by atomic mass is 32.1. The minimum Gasteiger partial charge on any atom is -0.246 e. The van der Waals surface area contributed by atoms with Gasteiger partial charge in [0.2, 0.25) is 0 Å². The predicted molar refractivity (Wildman–Crippen MR) is 60.8 cm³/mol. The number of hydrogen-bond acceptors (Lipinski definition) is 2. The van der Waals surface area contributed by atoms with E-state index >= 15 is 0 Å². The summed E-state index contributed by atoms with van der Waals surface area (Å²) in [5, 5.41) is 3.30. The van der Waals surface area contributed by atoms with Gasteiger partial charge in [0.25, 0.3) is 0 Å². The number of nitrogens with zero attached hydrogens (tertiary/aromatic N) is 1. The third-order valence-electron chi connectivity index (χ3n) is 2.10. The van der Waals surface area contributed by atoms with Gasteiger partial charge in [0, 0.05) is 17.5 Å². The van der Waals surface area contributed by atoms with Crippen LogP contribution in [0, 0.1) is 13.8 Å². The maximum absolute atomic E-state index is 4.45. The van der Waals surface area contributed by atoms with Crippen LogP contribution in [0.1, 0.15) is 21.8 Å². The number of hydrogen-bond donors (Lipinski definition) is 0. The molecule has 2 rings (SSSR count). The van der Waals surface area contributed by atoms with Gasteiger partial charge in [-0.3, -0.25) is 0 Å². The molecule has 0 bridgehead atoms. The molecule has 2 aromatic rings. The Labute approximate surface area is 88.4 Å². The summed E-state index contributed by atoms with van der Waals surface area (Å²) < 4.78 is 0. The summed E-state index contributed by atoms with van der Waals surface area (Å²) in [6, 6.07) is 8.60. The highest BCUT2D eigenvalue weighted by molar-refractivity contribution is 7.09. The fraction of sp³-hybridized carbons (Fsp3) is 0.250. The number of thiazole rings is 1. The molecule has 72 valence electrons. The standard InChI is InChI=1S/C12H13NS/c1-9-4-3-5-11(6-9)7-12-13-10(2)8-14-12/h3-6,8H,7H2,1-2H3. The van der Waals surface area contributed by atoms with E-state index in [2.05, 4.69) is 41.6 Å². The zero-order valence-electron chi connectivity index (χ0n) is 8.45. The third kappa shape index (κ3) is 2.20. The van der Waals surface area contributed by atoms with Gasteiger partial charge in [-0.15, -0.1) is 11.3 Å². The van der Waals surface area contributed by atoms with Gasteiger partial charge in [0.1, 0.15) is 0 Å². The Balaban J connectivity index is 2.18. The van der Waals surface area contributed by atoms with Crippen molar-refractivity contribution in [3.8, 4) is 0 Å². The molecule has 14 heavy (non-hydrogen) atoms. The first-order chi connectivity index (χ1) is 6.74. The summed E-state index contributed by atoms with van der Waals surface area (Å²) in [6.07, 6.45) is 0.959. The van der Waals surface area contributed by atoms with E-state index in [0.29, 0.717) is 0 Å². The smallest absolute Gasteiger partial charge is 0.0972 e. The van der Waals surface area contributed by atoms with Crippen LogP contribution in [0.3, 0.4) is 0 Å². The zero-order valence-corrected chi connectivity index (χ0v) is 9.27. The SMILES string of the molecule is Cc1cccc(Cc2nc(C)cs2)c1. The van der Waals surface area contributed by atoms with Crippen LogP contribution in [0.5, 0.6) is 0 Å². The molecule has 1 heterocycles. The molecular formula is C12H13NS. The second-order valence-electron chi connectivity index (χ2n) is 3.55. The van der Waals surface area contributed by atoms with Gasteiger partial charge in [-0.1, -0.05) is 29.8 Å². The van der Waals surface area contributed by atoms with E-state index in [1.807, 2.05) is 6.92 Å². The molecule has 1 aromatic heterocycles. The van der Waals surface area contributed by atoms with Crippen LogP contribution in [0.15, 0.2) is 29.6 Å². The fourth-order valence-corrected chi connectivity index (χ4v) is 2.29. The van der Waals surface area contributed by atoms with E-state index in [1.54, 1.807) is 11.3 Å². The second-order valence-corrected chi connectivity index (χ2v) is 4.49. The van der Waals surface area contributed by atoms with Crippen molar-refractivity contribution < 1.29 is 0 Å². The van der Waals surface area contributed by atoms with Crippen LogP contribution in [-0.2, 0) is 6.42 Å². The van der Waals surface area contributed by atoms with E-state index < -0.39 is 0 Å². The highest BCUT2D eigenvalue weighted by Crippen LogP contribution is 2.14. The van der Waals surface area contributed by atoms with E-state index in [4.69, 9.17) is 0 Å². The Morgan fingerprint density at radius 3 is 2.79 bits per heavy atom. The van der Waals surface area contributed by atoms with Gasteiger partial charge in [-0.25, -0.2) is 4.98 Å².